The first-order valence-electron chi connectivity index (χ1n) is 8.50. The maximum atomic E-state index is 10.2. The van der Waals surface area contributed by atoms with Crippen LogP contribution in [0.15, 0.2) is 35.6 Å². The smallest absolute Gasteiger partial charge is 0.129 e. The van der Waals surface area contributed by atoms with Crippen molar-refractivity contribution in [2.45, 2.75) is 45.6 Å². The predicted molar refractivity (Wildman–Crippen MR) is 83.6 cm³/mol. The Morgan fingerprint density at radius 1 is 1.14 bits per heavy atom. The van der Waals surface area contributed by atoms with Gasteiger partial charge in [-0.1, -0.05) is 38.2 Å². The Kier molecular flexibility index (Phi) is 2.91. The van der Waals surface area contributed by atoms with Gasteiger partial charge in [0.1, 0.15) is 11.9 Å². The second-order valence-electron chi connectivity index (χ2n) is 7.93. The first-order chi connectivity index (χ1) is 10.0. The van der Waals surface area contributed by atoms with Crippen LogP contribution >= 0.6 is 0 Å². The third kappa shape index (κ3) is 1.75. The lowest BCUT2D eigenvalue weighted by Crippen LogP contribution is -2.44. The van der Waals surface area contributed by atoms with Gasteiger partial charge in [-0.2, -0.15) is 0 Å². The highest BCUT2D eigenvalue weighted by molar-refractivity contribution is 5.39. The molecular formula is C19H26O2. The summed E-state index contributed by atoms with van der Waals surface area (Å²) in [5.74, 6) is 3.38. The summed E-state index contributed by atoms with van der Waals surface area (Å²) < 4.78 is 0. The Morgan fingerprint density at radius 3 is 2.76 bits per heavy atom. The lowest BCUT2D eigenvalue weighted by Gasteiger charge is -2.51. The molecule has 0 radical (unpaired) electrons. The van der Waals surface area contributed by atoms with Crippen molar-refractivity contribution in [1.29, 1.82) is 0 Å². The van der Waals surface area contributed by atoms with E-state index in [0.29, 0.717) is 23.2 Å². The third-order valence-corrected chi connectivity index (χ3v) is 7.25. The van der Waals surface area contributed by atoms with Crippen molar-refractivity contribution in [3.8, 4) is 0 Å². The molecule has 2 fully saturated rings. The minimum Gasteiger partial charge on any atom is -0.509 e. The molecule has 7 atom stereocenters. The molecule has 2 nitrogen and oxygen atoms in total. The lowest BCUT2D eigenvalue weighted by atomic mass is 9.53. The minimum absolute atomic E-state index is 0.172. The molecular weight excluding hydrogens is 260 g/mol. The van der Waals surface area contributed by atoms with E-state index < -0.39 is 6.10 Å². The van der Waals surface area contributed by atoms with Crippen molar-refractivity contribution in [3.63, 3.8) is 0 Å². The van der Waals surface area contributed by atoms with Gasteiger partial charge in [0.2, 0.25) is 0 Å². The highest BCUT2D eigenvalue weighted by Gasteiger charge is 2.53. The predicted octanol–water partition coefficient (Wildman–Crippen LogP) is 3.99. The fourth-order valence-electron chi connectivity index (χ4n) is 5.73. The number of aliphatic hydroxyl groups is 2. The van der Waals surface area contributed by atoms with Crippen LogP contribution in [0.1, 0.15) is 39.5 Å². The summed E-state index contributed by atoms with van der Waals surface area (Å²) in [6.07, 6.45) is 12.8. The first-order valence-corrected chi connectivity index (χ1v) is 8.50. The van der Waals surface area contributed by atoms with Crippen LogP contribution in [0.2, 0.25) is 0 Å². The molecule has 0 aromatic carbocycles. The molecule has 0 aromatic heterocycles. The Morgan fingerprint density at radius 2 is 1.95 bits per heavy atom. The average molecular weight is 286 g/mol. The molecule has 0 saturated heterocycles. The zero-order valence-corrected chi connectivity index (χ0v) is 13.0. The number of allylic oxidation sites excluding steroid dienone is 4. The maximum absolute atomic E-state index is 10.2. The molecule has 4 rings (SSSR count). The minimum atomic E-state index is -0.808. The Hall–Kier alpha value is -1.02. The van der Waals surface area contributed by atoms with E-state index in [2.05, 4.69) is 32.1 Å². The number of aliphatic hydroxyl groups excluding tert-OH is 2. The normalized spacial score (nSPS) is 51.6. The van der Waals surface area contributed by atoms with E-state index in [1.165, 1.54) is 25.7 Å². The summed E-state index contributed by atoms with van der Waals surface area (Å²) in [4.78, 5) is 0. The summed E-state index contributed by atoms with van der Waals surface area (Å²) in [5.41, 5.74) is 1.47. The van der Waals surface area contributed by atoms with E-state index >= 15 is 0 Å². The van der Waals surface area contributed by atoms with Gasteiger partial charge in [-0.05, 0) is 60.3 Å². The molecule has 1 unspecified atom stereocenters. The van der Waals surface area contributed by atoms with E-state index in [4.69, 9.17) is 0 Å². The molecule has 2 N–H and O–H groups in total. The molecule has 2 saturated carbocycles. The number of hydrogen-bond acceptors (Lipinski definition) is 2. The SMILES string of the molecule is C[C@@H]1CC[C@H]2[C@@H]3C=CC4=C(O)C(O)C=C[C@@H]4[C@H]3CC[C@]12C. The molecule has 0 amide bonds. The van der Waals surface area contributed by atoms with Crippen molar-refractivity contribution < 1.29 is 10.2 Å². The van der Waals surface area contributed by atoms with Crippen LogP contribution in [0, 0.1) is 35.0 Å². The molecule has 0 spiro atoms. The van der Waals surface area contributed by atoms with Gasteiger partial charge in [0.25, 0.3) is 0 Å². The van der Waals surface area contributed by atoms with Gasteiger partial charge in [-0.15, -0.1) is 0 Å². The highest BCUT2D eigenvalue weighted by Crippen LogP contribution is 2.62. The van der Waals surface area contributed by atoms with Crippen LogP contribution in [0.5, 0.6) is 0 Å². The van der Waals surface area contributed by atoms with Crippen LogP contribution in [-0.2, 0) is 0 Å². The zero-order valence-electron chi connectivity index (χ0n) is 13.0. The van der Waals surface area contributed by atoms with Crippen molar-refractivity contribution in [2.75, 3.05) is 0 Å². The molecule has 0 aromatic rings. The van der Waals surface area contributed by atoms with Crippen LogP contribution in [0.4, 0.5) is 0 Å². The molecule has 0 aliphatic heterocycles. The maximum Gasteiger partial charge on any atom is 0.129 e. The molecule has 4 aliphatic rings. The Balaban J connectivity index is 1.72. The van der Waals surface area contributed by atoms with E-state index in [9.17, 15) is 10.2 Å². The van der Waals surface area contributed by atoms with Gasteiger partial charge in [0.05, 0.1) is 0 Å². The van der Waals surface area contributed by atoms with Gasteiger partial charge >= 0.3 is 0 Å². The van der Waals surface area contributed by atoms with Gasteiger partial charge < -0.3 is 10.2 Å². The lowest BCUT2D eigenvalue weighted by molar-refractivity contribution is 0.0245. The Labute approximate surface area is 127 Å². The standard InChI is InChI=1S/C19H26O2/c1-11-3-7-16-14-4-5-15-12(6-8-17(20)18(15)21)13(14)9-10-19(11,16)2/h4-6,8,11-14,16-17,20-21H,3,7,9-10H2,1-2H3/t11-,12-,13-,14-,16+,17?,19-/m1/s1. The molecule has 2 heteroatoms. The van der Waals surface area contributed by atoms with E-state index in [1.54, 1.807) is 6.08 Å². The van der Waals surface area contributed by atoms with Crippen LogP contribution in [-0.4, -0.2) is 16.3 Å². The molecule has 0 bridgehead atoms. The average Bonchev–Trinajstić information content (AvgIpc) is 2.78. The molecule has 4 aliphatic carbocycles. The second-order valence-corrected chi connectivity index (χ2v) is 7.93. The summed E-state index contributed by atoms with van der Waals surface area (Å²) in [7, 11) is 0. The fraction of sp³-hybridized carbons (Fsp3) is 0.684. The van der Waals surface area contributed by atoms with E-state index in [0.717, 1.165) is 17.4 Å². The van der Waals surface area contributed by atoms with Gasteiger partial charge in [0, 0.05) is 5.92 Å². The quantitative estimate of drug-likeness (QED) is 0.661. The second kappa shape index (κ2) is 4.49. The zero-order chi connectivity index (χ0) is 14.8. The van der Waals surface area contributed by atoms with Gasteiger partial charge in [-0.3, -0.25) is 0 Å². The highest BCUT2D eigenvalue weighted by atomic mass is 16.3. The van der Waals surface area contributed by atoms with Crippen molar-refractivity contribution >= 4 is 0 Å². The summed E-state index contributed by atoms with van der Waals surface area (Å²) >= 11 is 0. The number of rotatable bonds is 0. The molecule has 114 valence electrons. The van der Waals surface area contributed by atoms with Crippen molar-refractivity contribution in [1.82, 2.24) is 0 Å². The number of fused-ring (bicyclic) bond motifs is 5. The topological polar surface area (TPSA) is 40.5 Å². The van der Waals surface area contributed by atoms with E-state index in [-0.39, 0.29) is 5.76 Å². The van der Waals surface area contributed by atoms with Crippen molar-refractivity contribution in [3.05, 3.63) is 35.6 Å². The van der Waals surface area contributed by atoms with Gasteiger partial charge in [-0.25, -0.2) is 0 Å². The monoisotopic (exact) mass is 286 g/mol. The number of hydrogen-bond donors (Lipinski definition) is 2. The van der Waals surface area contributed by atoms with Crippen LogP contribution < -0.4 is 0 Å². The molecule has 21 heavy (non-hydrogen) atoms. The van der Waals surface area contributed by atoms with E-state index in [1.807, 2.05) is 0 Å². The fourth-order valence-corrected chi connectivity index (χ4v) is 5.73. The van der Waals surface area contributed by atoms with Crippen LogP contribution in [0.3, 0.4) is 0 Å². The summed E-state index contributed by atoms with van der Waals surface area (Å²) in [5, 5.41) is 20.0. The van der Waals surface area contributed by atoms with Gasteiger partial charge in [0.15, 0.2) is 0 Å². The van der Waals surface area contributed by atoms with Crippen molar-refractivity contribution in [2.24, 2.45) is 35.0 Å². The first kappa shape index (κ1) is 13.6. The third-order valence-electron chi connectivity index (χ3n) is 7.25. The Bertz CT molecular complexity index is 544. The summed E-state index contributed by atoms with van der Waals surface area (Å²) in [6.45, 7) is 4.93. The largest absolute Gasteiger partial charge is 0.509 e. The molecule has 0 heterocycles. The summed E-state index contributed by atoms with van der Waals surface area (Å²) in [6, 6.07) is 0. The van der Waals surface area contributed by atoms with Crippen LogP contribution in [0.25, 0.3) is 0 Å².